The van der Waals surface area contributed by atoms with Gasteiger partial charge in [-0.05, 0) is 31.2 Å². The molecular weight excluding hydrogens is 329 g/mol. The van der Waals surface area contributed by atoms with Gasteiger partial charge in [-0.15, -0.1) is 24.5 Å². The lowest BCUT2D eigenvalue weighted by Crippen LogP contribution is -2.23. The van der Waals surface area contributed by atoms with Crippen molar-refractivity contribution >= 4 is 23.0 Å². The molecule has 0 saturated heterocycles. The third-order valence-corrected chi connectivity index (χ3v) is 3.50. The summed E-state index contributed by atoms with van der Waals surface area (Å²) in [5, 5.41) is 5.76. The van der Waals surface area contributed by atoms with Crippen LogP contribution in [0.3, 0.4) is 0 Å². The van der Waals surface area contributed by atoms with Crippen LogP contribution in [0.25, 0.3) is 0 Å². The van der Waals surface area contributed by atoms with Gasteiger partial charge in [0.2, 0.25) is 0 Å². The number of aliphatic imine (C=N–C) groups is 1. The molecule has 0 atom stereocenters. The van der Waals surface area contributed by atoms with Crippen LogP contribution in [-0.4, -0.2) is 23.9 Å². The first-order valence-corrected chi connectivity index (χ1v) is 7.53. The highest BCUT2D eigenvalue weighted by Gasteiger charge is 2.30. The van der Waals surface area contributed by atoms with Crippen LogP contribution in [-0.2, 0) is 6.42 Å². The third kappa shape index (κ3) is 6.15. The second-order valence-corrected chi connectivity index (χ2v) is 5.63. The van der Waals surface area contributed by atoms with Crippen LogP contribution in [0.1, 0.15) is 10.7 Å². The van der Waals surface area contributed by atoms with Crippen LogP contribution in [0.15, 0.2) is 34.6 Å². The first kappa shape index (κ1) is 17.1. The van der Waals surface area contributed by atoms with Gasteiger partial charge in [0.15, 0.2) is 5.96 Å². The number of alkyl halides is 3. The molecule has 23 heavy (non-hydrogen) atoms. The number of nitrogens with zero attached hydrogens (tertiary/aromatic N) is 2. The van der Waals surface area contributed by atoms with E-state index < -0.39 is 6.36 Å². The zero-order valence-electron chi connectivity index (χ0n) is 12.2. The second kappa shape index (κ2) is 7.32. The molecule has 0 unspecified atom stereocenters. The molecule has 2 aromatic rings. The van der Waals surface area contributed by atoms with E-state index in [1.807, 2.05) is 12.3 Å². The summed E-state index contributed by atoms with van der Waals surface area (Å²) in [6.07, 6.45) is -4.03. The van der Waals surface area contributed by atoms with Gasteiger partial charge >= 0.3 is 6.36 Å². The zero-order chi connectivity index (χ0) is 16.9. The monoisotopic (exact) mass is 344 g/mol. The lowest BCUT2D eigenvalue weighted by Gasteiger charge is -2.10. The topological polar surface area (TPSA) is 72.5 Å². The van der Waals surface area contributed by atoms with E-state index in [0.717, 1.165) is 10.7 Å². The first-order valence-electron chi connectivity index (χ1n) is 6.65. The number of halogens is 3. The molecule has 0 amide bonds. The van der Waals surface area contributed by atoms with Crippen molar-refractivity contribution in [3.8, 4) is 5.75 Å². The highest BCUT2D eigenvalue weighted by Crippen LogP contribution is 2.23. The maximum absolute atomic E-state index is 12.1. The van der Waals surface area contributed by atoms with Gasteiger partial charge < -0.3 is 15.8 Å². The number of nitrogens with one attached hydrogen (secondary N) is 1. The number of nitrogens with two attached hydrogens (primary N) is 1. The van der Waals surface area contributed by atoms with Gasteiger partial charge in [0, 0.05) is 24.0 Å². The van der Waals surface area contributed by atoms with E-state index in [2.05, 4.69) is 20.0 Å². The number of rotatable bonds is 5. The fourth-order valence-electron chi connectivity index (χ4n) is 1.74. The lowest BCUT2D eigenvalue weighted by atomic mass is 10.3. The molecule has 0 fully saturated rings. The fourth-order valence-corrected chi connectivity index (χ4v) is 2.39. The quantitative estimate of drug-likeness (QED) is 0.645. The van der Waals surface area contributed by atoms with Crippen LogP contribution >= 0.6 is 11.3 Å². The van der Waals surface area contributed by atoms with E-state index in [-0.39, 0.29) is 11.7 Å². The SMILES string of the molecule is Cc1nc(CCN=C(N)Nc2ccc(OC(F)(F)F)cc2)cs1. The molecule has 5 nitrogen and oxygen atoms in total. The molecule has 2 rings (SSSR count). The Morgan fingerprint density at radius 1 is 1.35 bits per heavy atom. The highest BCUT2D eigenvalue weighted by atomic mass is 32.1. The molecule has 3 N–H and O–H groups in total. The van der Waals surface area contributed by atoms with Crippen LogP contribution in [0.4, 0.5) is 18.9 Å². The number of aryl methyl sites for hydroxylation is 1. The van der Waals surface area contributed by atoms with E-state index in [1.165, 1.54) is 24.3 Å². The number of anilines is 1. The van der Waals surface area contributed by atoms with Crippen LogP contribution in [0.2, 0.25) is 0 Å². The van der Waals surface area contributed by atoms with Crippen molar-refractivity contribution in [3.05, 3.63) is 40.3 Å². The van der Waals surface area contributed by atoms with E-state index in [0.29, 0.717) is 18.7 Å². The predicted molar refractivity (Wildman–Crippen MR) is 83.8 cm³/mol. The molecule has 9 heteroatoms. The summed E-state index contributed by atoms with van der Waals surface area (Å²) in [4.78, 5) is 8.46. The summed E-state index contributed by atoms with van der Waals surface area (Å²) in [5.41, 5.74) is 7.20. The molecule has 0 saturated carbocycles. The molecule has 0 aliphatic rings. The van der Waals surface area contributed by atoms with Crippen LogP contribution in [0.5, 0.6) is 5.75 Å². The Morgan fingerprint density at radius 2 is 2.04 bits per heavy atom. The maximum Gasteiger partial charge on any atom is 0.573 e. The molecule has 0 spiro atoms. The minimum Gasteiger partial charge on any atom is -0.406 e. The van der Waals surface area contributed by atoms with Gasteiger partial charge in [-0.2, -0.15) is 0 Å². The molecule has 124 valence electrons. The average Bonchev–Trinajstić information content (AvgIpc) is 2.85. The summed E-state index contributed by atoms with van der Waals surface area (Å²) < 4.78 is 39.9. The van der Waals surface area contributed by atoms with Crippen molar-refractivity contribution in [2.45, 2.75) is 19.7 Å². The van der Waals surface area contributed by atoms with Gasteiger partial charge in [0.25, 0.3) is 0 Å². The Labute approximate surface area is 135 Å². The molecule has 1 aromatic heterocycles. The molecule has 1 aromatic carbocycles. The molecule has 0 radical (unpaired) electrons. The molecule has 0 aliphatic heterocycles. The number of hydrogen-bond donors (Lipinski definition) is 2. The zero-order valence-corrected chi connectivity index (χ0v) is 13.0. The molecular formula is C14H15F3N4OS. The molecule has 0 bridgehead atoms. The van der Waals surface area contributed by atoms with Crippen molar-refractivity contribution in [3.63, 3.8) is 0 Å². The standard InChI is InChI=1S/C14H15F3N4OS/c1-9-20-11(8-23-9)6-7-19-13(18)21-10-2-4-12(5-3-10)22-14(15,16)17/h2-5,8H,6-7H2,1H3,(H3,18,19,21). The van der Waals surface area contributed by atoms with E-state index >= 15 is 0 Å². The van der Waals surface area contributed by atoms with Gasteiger partial charge in [0.1, 0.15) is 5.75 Å². The van der Waals surface area contributed by atoms with E-state index in [9.17, 15) is 13.2 Å². The number of guanidine groups is 1. The Hall–Kier alpha value is -2.29. The molecule has 1 heterocycles. The van der Waals surface area contributed by atoms with E-state index in [1.54, 1.807) is 11.3 Å². The van der Waals surface area contributed by atoms with Gasteiger partial charge in [0.05, 0.1) is 10.7 Å². The number of ether oxygens (including phenoxy) is 1. The smallest absolute Gasteiger partial charge is 0.406 e. The van der Waals surface area contributed by atoms with Crippen molar-refractivity contribution < 1.29 is 17.9 Å². The predicted octanol–water partition coefficient (Wildman–Crippen LogP) is 3.32. The van der Waals surface area contributed by atoms with Crippen molar-refractivity contribution in [2.24, 2.45) is 10.7 Å². The summed E-state index contributed by atoms with van der Waals surface area (Å²) >= 11 is 1.57. The summed E-state index contributed by atoms with van der Waals surface area (Å²) in [5.74, 6) is -0.112. The lowest BCUT2D eigenvalue weighted by molar-refractivity contribution is -0.274. The number of benzene rings is 1. The van der Waals surface area contributed by atoms with Crippen molar-refractivity contribution in [1.29, 1.82) is 0 Å². The second-order valence-electron chi connectivity index (χ2n) is 4.57. The minimum absolute atomic E-state index is 0.182. The fraction of sp³-hybridized carbons (Fsp3) is 0.286. The van der Waals surface area contributed by atoms with Crippen molar-refractivity contribution in [1.82, 2.24) is 4.98 Å². The largest absolute Gasteiger partial charge is 0.573 e. The van der Waals surface area contributed by atoms with Gasteiger partial charge in [-0.1, -0.05) is 0 Å². The maximum atomic E-state index is 12.1. The van der Waals surface area contributed by atoms with Crippen LogP contribution in [0, 0.1) is 6.92 Å². The highest BCUT2D eigenvalue weighted by molar-refractivity contribution is 7.09. The summed E-state index contributed by atoms with van der Waals surface area (Å²) in [6, 6.07) is 5.24. The minimum atomic E-state index is -4.70. The number of aromatic nitrogens is 1. The molecule has 0 aliphatic carbocycles. The van der Waals surface area contributed by atoms with Crippen molar-refractivity contribution in [2.75, 3.05) is 11.9 Å². The first-order chi connectivity index (χ1) is 10.8. The van der Waals surface area contributed by atoms with E-state index in [4.69, 9.17) is 5.73 Å². The number of thiazole rings is 1. The van der Waals surface area contributed by atoms with Gasteiger partial charge in [-0.25, -0.2) is 4.98 Å². The Balaban J connectivity index is 1.84. The average molecular weight is 344 g/mol. The van der Waals surface area contributed by atoms with Crippen LogP contribution < -0.4 is 15.8 Å². The number of hydrogen-bond acceptors (Lipinski definition) is 4. The Kier molecular flexibility index (Phi) is 5.43. The Bertz CT molecular complexity index is 667. The third-order valence-electron chi connectivity index (χ3n) is 2.68. The Morgan fingerprint density at radius 3 is 2.61 bits per heavy atom. The normalized spacial score (nSPS) is 12.3. The summed E-state index contributed by atoms with van der Waals surface area (Å²) in [7, 11) is 0. The summed E-state index contributed by atoms with van der Waals surface area (Å²) in [6.45, 7) is 2.40. The van der Waals surface area contributed by atoms with Gasteiger partial charge in [-0.3, -0.25) is 4.99 Å².